The van der Waals surface area contributed by atoms with E-state index in [0.717, 1.165) is 10.0 Å². The van der Waals surface area contributed by atoms with Crippen molar-refractivity contribution in [1.29, 1.82) is 0 Å². The van der Waals surface area contributed by atoms with E-state index in [1.807, 2.05) is 30.4 Å². The lowest BCUT2D eigenvalue weighted by molar-refractivity contribution is -0.148. The van der Waals surface area contributed by atoms with Crippen LogP contribution in [0.2, 0.25) is 0 Å². The summed E-state index contributed by atoms with van der Waals surface area (Å²) in [4.78, 5) is 47.1. The van der Waals surface area contributed by atoms with Crippen LogP contribution in [0.25, 0.3) is 5.57 Å². The minimum Gasteiger partial charge on any atom is -0.477 e. The Kier molecular flexibility index (Phi) is 5.13. The molecule has 0 radical (unpaired) electrons. The number of carbonyl (C=O) groups is 3. The van der Waals surface area contributed by atoms with Gasteiger partial charge in [0.2, 0.25) is 5.91 Å². The van der Waals surface area contributed by atoms with E-state index in [4.69, 9.17) is 0 Å². The molecule has 2 unspecified atom stereocenters. The molecule has 2 aliphatic heterocycles. The second-order valence-corrected chi connectivity index (χ2v) is 9.77. The number of thiophene rings is 1. The molecule has 11 heteroatoms. The SMILES string of the molecule is CC(=O)N(c1cccs1)C1C(=O)N2C(C(=O)O)=C(c3cnc(N(C)C)s3)CSC12. The van der Waals surface area contributed by atoms with Crippen LogP contribution in [-0.4, -0.2) is 64.0 Å². The van der Waals surface area contributed by atoms with Crippen LogP contribution in [-0.2, 0) is 14.4 Å². The maximum absolute atomic E-state index is 13.0. The highest BCUT2D eigenvalue weighted by atomic mass is 32.2. The van der Waals surface area contributed by atoms with E-state index >= 15 is 0 Å². The molecule has 4 rings (SSSR count). The number of nitrogens with zero attached hydrogens (tertiary/aromatic N) is 4. The summed E-state index contributed by atoms with van der Waals surface area (Å²) in [6.45, 7) is 1.42. The third kappa shape index (κ3) is 3.22. The van der Waals surface area contributed by atoms with E-state index < -0.39 is 17.4 Å². The lowest BCUT2D eigenvalue weighted by atomic mass is 10.0. The van der Waals surface area contributed by atoms with Crippen molar-refractivity contribution < 1.29 is 19.5 Å². The van der Waals surface area contributed by atoms with Crippen LogP contribution in [0.15, 0.2) is 29.4 Å². The van der Waals surface area contributed by atoms with E-state index in [2.05, 4.69) is 4.98 Å². The van der Waals surface area contributed by atoms with Crippen LogP contribution in [0.3, 0.4) is 0 Å². The number of aliphatic carboxylic acids is 1. The Labute approximate surface area is 179 Å². The molecule has 8 nitrogen and oxygen atoms in total. The number of hydrogen-bond acceptors (Lipinski definition) is 8. The van der Waals surface area contributed by atoms with Crippen LogP contribution < -0.4 is 9.80 Å². The third-order valence-electron chi connectivity index (χ3n) is 4.68. The highest BCUT2D eigenvalue weighted by molar-refractivity contribution is 8.00. The number of fused-ring (bicyclic) bond motifs is 1. The van der Waals surface area contributed by atoms with Crippen LogP contribution >= 0.6 is 34.4 Å². The number of hydrogen-bond donors (Lipinski definition) is 1. The molecule has 2 aliphatic rings. The Balaban J connectivity index is 1.71. The van der Waals surface area contributed by atoms with Gasteiger partial charge in [-0.25, -0.2) is 9.78 Å². The van der Waals surface area contributed by atoms with Gasteiger partial charge in [-0.3, -0.25) is 19.4 Å². The number of carboxylic acid groups (broad SMARTS) is 1. The minimum absolute atomic E-state index is 0.0152. The van der Waals surface area contributed by atoms with Crippen molar-refractivity contribution in [3.8, 4) is 0 Å². The Hall–Kier alpha value is -2.37. The van der Waals surface area contributed by atoms with Crippen molar-refractivity contribution in [3.05, 3.63) is 34.3 Å². The summed E-state index contributed by atoms with van der Waals surface area (Å²) in [7, 11) is 3.73. The van der Waals surface area contributed by atoms with E-state index in [1.165, 1.54) is 51.2 Å². The van der Waals surface area contributed by atoms with Crippen molar-refractivity contribution in [2.75, 3.05) is 29.6 Å². The van der Waals surface area contributed by atoms with E-state index in [0.29, 0.717) is 16.3 Å². The zero-order chi connectivity index (χ0) is 20.9. The molecular weight excluding hydrogens is 432 g/mol. The molecular formula is C18H18N4O4S3. The Morgan fingerprint density at radius 1 is 1.34 bits per heavy atom. The van der Waals surface area contributed by atoms with Crippen molar-refractivity contribution in [3.63, 3.8) is 0 Å². The van der Waals surface area contributed by atoms with Gasteiger partial charge < -0.3 is 10.0 Å². The number of rotatable bonds is 5. The van der Waals surface area contributed by atoms with Crippen LogP contribution in [0, 0.1) is 0 Å². The van der Waals surface area contributed by atoms with Gasteiger partial charge >= 0.3 is 5.97 Å². The predicted molar refractivity (Wildman–Crippen MR) is 115 cm³/mol. The van der Waals surface area contributed by atoms with Gasteiger partial charge in [0.05, 0.1) is 9.88 Å². The van der Waals surface area contributed by atoms with Crippen molar-refractivity contribution in [2.24, 2.45) is 0 Å². The van der Waals surface area contributed by atoms with E-state index in [9.17, 15) is 19.5 Å². The number of amides is 2. The molecule has 0 spiro atoms. The van der Waals surface area contributed by atoms with Gasteiger partial charge in [0.25, 0.3) is 5.91 Å². The average molecular weight is 451 g/mol. The fourth-order valence-electron chi connectivity index (χ4n) is 3.40. The summed E-state index contributed by atoms with van der Waals surface area (Å²) in [5.41, 5.74) is 0.570. The standard InChI is InChI=1S/C18H18N4O4S3/c1-9(23)21(12-5-4-6-27-12)14-15(24)22-13(17(25)26)10(8-28-16(14)22)11-7-19-18(29-11)20(2)3/h4-7,14,16H,8H2,1-3H3,(H,25,26). The molecule has 4 heterocycles. The first-order valence-corrected chi connectivity index (χ1v) is 11.4. The Bertz CT molecular complexity index is 1010. The number of anilines is 2. The van der Waals surface area contributed by atoms with Gasteiger partial charge in [-0.15, -0.1) is 23.1 Å². The minimum atomic E-state index is -1.15. The van der Waals surface area contributed by atoms with Gasteiger partial charge in [0.1, 0.15) is 17.1 Å². The fraction of sp³-hybridized carbons (Fsp3) is 0.333. The van der Waals surface area contributed by atoms with Gasteiger partial charge in [0.15, 0.2) is 5.13 Å². The van der Waals surface area contributed by atoms with Gasteiger partial charge in [0, 0.05) is 38.5 Å². The molecule has 152 valence electrons. The van der Waals surface area contributed by atoms with Crippen molar-refractivity contribution in [2.45, 2.75) is 18.3 Å². The maximum Gasteiger partial charge on any atom is 0.353 e. The zero-order valence-electron chi connectivity index (χ0n) is 15.9. The van der Waals surface area contributed by atoms with Crippen LogP contribution in [0.5, 0.6) is 0 Å². The first-order valence-electron chi connectivity index (χ1n) is 8.69. The summed E-state index contributed by atoms with van der Waals surface area (Å²) >= 11 is 4.23. The number of aromatic nitrogens is 1. The summed E-state index contributed by atoms with van der Waals surface area (Å²) in [5.74, 6) is -1.34. The molecule has 29 heavy (non-hydrogen) atoms. The second kappa shape index (κ2) is 7.47. The lowest BCUT2D eigenvalue weighted by Gasteiger charge is -2.52. The molecule has 2 amide bonds. The fourth-order valence-corrected chi connectivity index (χ4v) is 6.59. The summed E-state index contributed by atoms with van der Waals surface area (Å²) in [5, 5.41) is 12.7. The molecule has 2 aromatic heterocycles. The van der Waals surface area contributed by atoms with E-state index in [1.54, 1.807) is 12.3 Å². The third-order valence-corrected chi connectivity index (χ3v) is 8.04. The molecule has 2 aromatic rings. The van der Waals surface area contributed by atoms with Crippen LogP contribution in [0.1, 0.15) is 11.8 Å². The summed E-state index contributed by atoms with van der Waals surface area (Å²) in [6.07, 6.45) is 1.65. The molecule has 1 N–H and O–H groups in total. The number of carbonyl (C=O) groups excluding carboxylic acids is 2. The van der Waals surface area contributed by atoms with Gasteiger partial charge in [-0.2, -0.15) is 0 Å². The summed E-state index contributed by atoms with van der Waals surface area (Å²) < 4.78 is 0. The zero-order valence-corrected chi connectivity index (χ0v) is 18.3. The van der Waals surface area contributed by atoms with Crippen LogP contribution in [0.4, 0.5) is 10.1 Å². The quantitative estimate of drug-likeness (QED) is 0.699. The number of thioether (sulfide) groups is 1. The Morgan fingerprint density at radius 2 is 2.10 bits per heavy atom. The molecule has 0 saturated carbocycles. The predicted octanol–water partition coefficient (Wildman–Crippen LogP) is 2.40. The van der Waals surface area contributed by atoms with E-state index in [-0.39, 0.29) is 17.5 Å². The smallest absolute Gasteiger partial charge is 0.353 e. The van der Waals surface area contributed by atoms with Crippen molar-refractivity contribution in [1.82, 2.24) is 9.88 Å². The normalized spacial score (nSPS) is 20.9. The molecule has 1 saturated heterocycles. The van der Waals surface area contributed by atoms with Gasteiger partial charge in [-0.05, 0) is 17.5 Å². The number of carboxylic acids is 1. The highest BCUT2D eigenvalue weighted by Gasteiger charge is 2.57. The summed E-state index contributed by atoms with van der Waals surface area (Å²) in [6, 6.07) is 2.90. The maximum atomic E-state index is 13.0. The van der Waals surface area contributed by atoms with Crippen molar-refractivity contribution >= 4 is 67.9 Å². The topological polar surface area (TPSA) is 94.0 Å². The largest absolute Gasteiger partial charge is 0.477 e. The number of β-lactam (4-membered cyclic amide) rings is 1. The highest BCUT2D eigenvalue weighted by Crippen LogP contribution is 2.47. The molecule has 0 bridgehead atoms. The molecule has 2 atom stereocenters. The molecule has 0 aromatic carbocycles. The second-order valence-electron chi connectivity index (χ2n) is 6.73. The first kappa shape index (κ1) is 19.9. The monoisotopic (exact) mass is 450 g/mol. The van der Waals surface area contributed by atoms with Gasteiger partial charge in [-0.1, -0.05) is 11.3 Å². The first-order chi connectivity index (χ1) is 13.8. The average Bonchev–Trinajstić information content (AvgIpc) is 3.36. The number of thiazole rings is 1. The lowest BCUT2D eigenvalue weighted by Crippen LogP contribution is -2.71. The Morgan fingerprint density at radius 3 is 2.66 bits per heavy atom. The molecule has 1 fully saturated rings. The molecule has 0 aliphatic carbocycles.